The number of aromatic nitrogens is 7. The van der Waals surface area contributed by atoms with Crippen molar-refractivity contribution in [3.8, 4) is 11.1 Å². The van der Waals surface area contributed by atoms with Crippen LogP contribution in [-0.2, 0) is 12.6 Å². The molecule has 0 amide bonds. The summed E-state index contributed by atoms with van der Waals surface area (Å²) in [7, 11) is 1.91. The average molecular weight is 419 g/mol. The van der Waals surface area contributed by atoms with E-state index in [0.717, 1.165) is 48.6 Å². The van der Waals surface area contributed by atoms with Crippen molar-refractivity contribution in [2.45, 2.75) is 19.4 Å². The van der Waals surface area contributed by atoms with E-state index >= 15 is 0 Å². The number of hydrogen-bond acceptors (Lipinski definition) is 8. The molecule has 0 saturated carbocycles. The molecule has 5 heterocycles. The summed E-state index contributed by atoms with van der Waals surface area (Å²) >= 11 is 0. The maximum absolute atomic E-state index is 10.1. The van der Waals surface area contributed by atoms with Crippen LogP contribution in [0.5, 0.6) is 0 Å². The lowest BCUT2D eigenvalue weighted by molar-refractivity contribution is 0.0778. The van der Waals surface area contributed by atoms with Gasteiger partial charge in [0.1, 0.15) is 11.8 Å². The highest BCUT2D eigenvalue weighted by Crippen LogP contribution is 2.27. The molecule has 0 aliphatic carbocycles. The highest BCUT2D eigenvalue weighted by molar-refractivity contribution is 5.77. The Morgan fingerprint density at radius 2 is 1.58 bits per heavy atom. The number of aliphatic hydroxyl groups is 1. The fourth-order valence-electron chi connectivity index (χ4n) is 3.81. The van der Waals surface area contributed by atoms with E-state index in [1.54, 1.807) is 37.3 Å². The number of piperazine rings is 1. The minimum Gasteiger partial charge on any atom is -0.386 e. The van der Waals surface area contributed by atoms with Gasteiger partial charge in [-0.25, -0.2) is 19.5 Å². The topological polar surface area (TPSA) is 100 Å². The molecule has 10 heteroatoms. The Hall–Kier alpha value is -3.53. The molecular weight excluding hydrogens is 394 g/mol. The zero-order chi connectivity index (χ0) is 21.6. The third-order valence-electron chi connectivity index (χ3n) is 5.63. The fourth-order valence-corrected chi connectivity index (χ4v) is 3.81. The minimum absolute atomic E-state index is 0.682. The lowest BCUT2D eigenvalue weighted by atomic mass is 10.0. The number of hydrogen-bond donors (Lipinski definition) is 1. The molecular formula is C21H25N9O. The van der Waals surface area contributed by atoms with Gasteiger partial charge in [0, 0.05) is 74.7 Å². The Balaban J connectivity index is 1.34. The van der Waals surface area contributed by atoms with Crippen LogP contribution >= 0.6 is 0 Å². The van der Waals surface area contributed by atoms with Gasteiger partial charge >= 0.3 is 0 Å². The van der Waals surface area contributed by atoms with Crippen molar-refractivity contribution in [1.82, 2.24) is 34.3 Å². The summed E-state index contributed by atoms with van der Waals surface area (Å²) in [6.07, 6.45) is 10.8. The summed E-state index contributed by atoms with van der Waals surface area (Å²) in [5.74, 6) is 1.60. The van der Waals surface area contributed by atoms with Crippen LogP contribution < -0.4 is 9.80 Å². The number of fused-ring (bicyclic) bond motifs is 1. The first-order chi connectivity index (χ1) is 14.9. The van der Waals surface area contributed by atoms with Crippen molar-refractivity contribution < 1.29 is 5.11 Å². The van der Waals surface area contributed by atoms with Crippen LogP contribution in [-0.4, -0.2) is 65.6 Å². The molecule has 0 aromatic carbocycles. The third-order valence-corrected chi connectivity index (χ3v) is 5.63. The molecule has 1 saturated heterocycles. The Morgan fingerprint density at radius 3 is 2.23 bits per heavy atom. The minimum atomic E-state index is -0.943. The fraction of sp³-hybridized carbons (Fsp3) is 0.381. The van der Waals surface area contributed by atoms with Crippen molar-refractivity contribution in [3.05, 3.63) is 48.9 Å². The lowest BCUT2D eigenvalue weighted by Crippen LogP contribution is -2.47. The number of anilines is 2. The van der Waals surface area contributed by atoms with Gasteiger partial charge in [0.2, 0.25) is 5.95 Å². The standard InChI is InChI=1S/C21H25N9O/c1-21(2,31)17-10-22-20(23-11-17)29-6-4-28(5-7-29)19-18-8-15(13-30(18)26-14-24-19)16-9-25-27(3)12-16/h8-14,31H,4-7H2,1-3H3. The second kappa shape index (κ2) is 7.31. The van der Waals surface area contributed by atoms with E-state index in [4.69, 9.17) is 0 Å². The summed E-state index contributed by atoms with van der Waals surface area (Å²) < 4.78 is 3.66. The van der Waals surface area contributed by atoms with E-state index in [1.807, 2.05) is 30.2 Å². The number of aryl methyl sites for hydroxylation is 1. The average Bonchev–Trinajstić information content (AvgIpc) is 3.39. The van der Waals surface area contributed by atoms with Crippen LogP contribution in [0.15, 0.2) is 43.4 Å². The Morgan fingerprint density at radius 1 is 0.871 bits per heavy atom. The smallest absolute Gasteiger partial charge is 0.225 e. The maximum atomic E-state index is 10.1. The first kappa shape index (κ1) is 19.4. The highest BCUT2D eigenvalue weighted by Gasteiger charge is 2.23. The molecule has 1 aliphatic rings. The molecule has 0 unspecified atom stereocenters. The first-order valence-corrected chi connectivity index (χ1v) is 10.3. The predicted molar refractivity (Wildman–Crippen MR) is 117 cm³/mol. The van der Waals surface area contributed by atoms with Gasteiger partial charge in [0.05, 0.1) is 11.8 Å². The first-order valence-electron chi connectivity index (χ1n) is 10.3. The van der Waals surface area contributed by atoms with Gasteiger partial charge in [-0.1, -0.05) is 0 Å². The number of rotatable bonds is 4. The summed E-state index contributed by atoms with van der Waals surface area (Å²) in [5, 5.41) is 18.7. The van der Waals surface area contributed by atoms with E-state index in [1.165, 1.54) is 0 Å². The van der Waals surface area contributed by atoms with Gasteiger partial charge < -0.3 is 14.9 Å². The van der Waals surface area contributed by atoms with Crippen molar-refractivity contribution in [3.63, 3.8) is 0 Å². The zero-order valence-electron chi connectivity index (χ0n) is 17.8. The van der Waals surface area contributed by atoms with Crippen molar-refractivity contribution in [1.29, 1.82) is 0 Å². The molecule has 0 radical (unpaired) electrons. The second-order valence-corrected chi connectivity index (χ2v) is 8.35. The summed E-state index contributed by atoms with van der Waals surface area (Å²) in [6, 6.07) is 2.11. The molecule has 10 nitrogen and oxygen atoms in total. The molecule has 160 valence electrons. The Kier molecular flexibility index (Phi) is 4.58. The van der Waals surface area contributed by atoms with E-state index in [2.05, 4.69) is 41.0 Å². The van der Waals surface area contributed by atoms with Gasteiger partial charge in [-0.2, -0.15) is 10.2 Å². The SMILES string of the molecule is Cn1cc(-c2cc3c(N4CCN(c5ncc(C(C)(C)O)cn5)CC4)ncnn3c2)cn1. The molecule has 4 aromatic rings. The highest BCUT2D eigenvalue weighted by atomic mass is 16.3. The van der Waals surface area contributed by atoms with Crippen molar-refractivity contribution in [2.75, 3.05) is 36.0 Å². The van der Waals surface area contributed by atoms with Crippen LogP contribution in [0.2, 0.25) is 0 Å². The number of nitrogens with zero attached hydrogens (tertiary/aromatic N) is 9. The van der Waals surface area contributed by atoms with E-state index in [-0.39, 0.29) is 0 Å². The molecule has 1 fully saturated rings. The van der Waals surface area contributed by atoms with Crippen LogP contribution in [0.1, 0.15) is 19.4 Å². The van der Waals surface area contributed by atoms with E-state index in [0.29, 0.717) is 11.5 Å². The van der Waals surface area contributed by atoms with Gasteiger partial charge in [-0.3, -0.25) is 4.68 Å². The van der Waals surface area contributed by atoms with E-state index in [9.17, 15) is 5.11 Å². The molecule has 0 atom stereocenters. The van der Waals surface area contributed by atoms with E-state index < -0.39 is 5.60 Å². The molecule has 1 aliphatic heterocycles. The third kappa shape index (κ3) is 3.70. The van der Waals surface area contributed by atoms with Crippen LogP contribution in [0.25, 0.3) is 16.6 Å². The molecule has 1 N–H and O–H groups in total. The van der Waals surface area contributed by atoms with Gasteiger partial charge in [0.25, 0.3) is 0 Å². The van der Waals surface area contributed by atoms with Crippen LogP contribution in [0.3, 0.4) is 0 Å². The lowest BCUT2D eigenvalue weighted by Gasteiger charge is -2.35. The summed E-state index contributed by atoms with van der Waals surface area (Å²) in [4.78, 5) is 17.9. The quantitative estimate of drug-likeness (QED) is 0.531. The predicted octanol–water partition coefficient (Wildman–Crippen LogP) is 1.47. The zero-order valence-corrected chi connectivity index (χ0v) is 17.8. The summed E-state index contributed by atoms with van der Waals surface area (Å²) in [6.45, 7) is 6.64. The van der Waals surface area contributed by atoms with Gasteiger partial charge in [-0.05, 0) is 19.9 Å². The molecule has 31 heavy (non-hydrogen) atoms. The molecule has 0 bridgehead atoms. The van der Waals surface area contributed by atoms with Gasteiger partial charge in [0.15, 0.2) is 5.82 Å². The summed E-state index contributed by atoms with van der Waals surface area (Å²) in [5.41, 5.74) is 2.85. The van der Waals surface area contributed by atoms with Crippen molar-refractivity contribution in [2.24, 2.45) is 7.05 Å². The Bertz CT molecular complexity index is 1200. The Labute approximate surface area is 179 Å². The van der Waals surface area contributed by atoms with Gasteiger partial charge in [-0.15, -0.1) is 0 Å². The van der Waals surface area contributed by atoms with Crippen molar-refractivity contribution >= 4 is 17.3 Å². The monoisotopic (exact) mass is 419 g/mol. The molecule has 4 aromatic heterocycles. The van der Waals surface area contributed by atoms with Crippen LogP contribution in [0, 0.1) is 0 Å². The molecule has 5 rings (SSSR count). The normalized spacial score (nSPS) is 15.1. The maximum Gasteiger partial charge on any atom is 0.225 e. The largest absolute Gasteiger partial charge is 0.386 e. The molecule has 0 spiro atoms. The second-order valence-electron chi connectivity index (χ2n) is 8.35. The van der Waals surface area contributed by atoms with Crippen LogP contribution in [0.4, 0.5) is 11.8 Å².